The summed E-state index contributed by atoms with van der Waals surface area (Å²) >= 11 is 3.31. The average molecular weight is 361 g/mol. The van der Waals surface area contributed by atoms with Gasteiger partial charge < -0.3 is 10.5 Å². The summed E-state index contributed by atoms with van der Waals surface area (Å²) in [5.41, 5.74) is 5.74. The molecular formula is C14H12BrF3N2O. The molecule has 0 saturated heterocycles. The number of pyridine rings is 1. The Balaban J connectivity index is 2.21. The Bertz CT molecular complexity index is 632. The Morgan fingerprint density at radius 1 is 1.19 bits per heavy atom. The van der Waals surface area contributed by atoms with Crippen LogP contribution in [-0.2, 0) is 19.3 Å². The van der Waals surface area contributed by atoms with Crippen molar-refractivity contribution < 1.29 is 17.9 Å². The minimum atomic E-state index is -4.51. The molecule has 2 N–H and O–H groups in total. The average Bonchev–Trinajstić information content (AvgIpc) is 2.44. The maximum Gasteiger partial charge on any atom is 0.433 e. The zero-order chi connectivity index (χ0) is 15.5. The van der Waals surface area contributed by atoms with Crippen molar-refractivity contribution in [3.05, 3.63) is 57.7 Å². The van der Waals surface area contributed by atoms with E-state index in [0.717, 1.165) is 16.1 Å². The Morgan fingerprint density at radius 3 is 2.57 bits per heavy atom. The number of alkyl halides is 3. The number of ether oxygens (including phenoxy) is 1. The Labute approximate surface area is 128 Å². The number of nitrogens with two attached hydrogens (primary N) is 1. The number of hydrogen-bond donors (Lipinski definition) is 1. The molecule has 0 amide bonds. The molecular weight excluding hydrogens is 349 g/mol. The first kappa shape index (κ1) is 15.8. The molecule has 0 bridgehead atoms. The molecule has 0 unspecified atom stereocenters. The van der Waals surface area contributed by atoms with Crippen molar-refractivity contribution in [3.63, 3.8) is 0 Å². The lowest BCUT2D eigenvalue weighted by molar-refractivity contribution is -0.141. The van der Waals surface area contributed by atoms with E-state index in [9.17, 15) is 13.2 Å². The highest BCUT2D eigenvalue weighted by atomic mass is 79.9. The number of halogens is 4. The van der Waals surface area contributed by atoms with Gasteiger partial charge in [-0.25, -0.2) is 4.98 Å². The van der Waals surface area contributed by atoms with Gasteiger partial charge in [0.25, 0.3) is 0 Å². The fourth-order valence-corrected chi connectivity index (χ4v) is 2.13. The van der Waals surface area contributed by atoms with Crippen molar-refractivity contribution in [1.82, 2.24) is 4.98 Å². The molecule has 0 aliphatic carbocycles. The molecule has 1 aromatic carbocycles. The first-order valence-electron chi connectivity index (χ1n) is 6.04. The summed E-state index contributed by atoms with van der Waals surface area (Å²) < 4.78 is 44.2. The third-order valence-corrected chi connectivity index (χ3v) is 3.21. The molecule has 0 saturated carbocycles. The van der Waals surface area contributed by atoms with Crippen LogP contribution < -0.4 is 10.5 Å². The normalized spacial score (nSPS) is 11.5. The van der Waals surface area contributed by atoms with Crippen LogP contribution in [0.5, 0.6) is 5.88 Å². The zero-order valence-electron chi connectivity index (χ0n) is 10.8. The van der Waals surface area contributed by atoms with E-state index in [1.807, 2.05) is 18.2 Å². The van der Waals surface area contributed by atoms with Gasteiger partial charge in [0.15, 0.2) is 0 Å². The van der Waals surface area contributed by atoms with Crippen molar-refractivity contribution in [2.24, 2.45) is 5.73 Å². The van der Waals surface area contributed by atoms with E-state index in [4.69, 9.17) is 10.5 Å². The van der Waals surface area contributed by atoms with Gasteiger partial charge in [-0.15, -0.1) is 0 Å². The first-order chi connectivity index (χ1) is 9.90. The summed E-state index contributed by atoms with van der Waals surface area (Å²) in [5.74, 6) is -0.0905. The van der Waals surface area contributed by atoms with E-state index < -0.39 is 11.9 Å². The topological polar surface area (TPSA) is 48.1 Å². The number of hydrogen-bond acceptors (Lipinski definition) is 3. The highest BCUT2D eigenvalue weighted by Gasteiger charge is 2.33. The molecule has 2 aromatic rings. The smallest absolute Gasteiger partial charge is 0.433 e. The lowest BCUT2D eigenvalue weighted by Gasteiger charge is -2.12. The van der Waals surface area contributed by atoms with E-state index in [1.165, 1.54) is 6.07 Å². The SMILES string of the molecule is NCc1ccc(C(F)(F)F)nc1OCc1cccc(Br)c1. The summed E-state index contributed by atoms with van der Waals surface area (Å²) in [6.45, 7) is 0.166. The molecule has 3 nitrogen and oxygen atoms in total. The van der Waals surface area contributed by atoms with Crippen LogP contribution in [-0.4, -0.2) is 4.98 Å². The van der Waals surface area contributed by atoms with Crippen LogP contribution in [0.2, 0.25) is 0 Å². The molecule has 1 aromatic heterocycles. The van der Waals surface area contributed by atoms with Crippen LogP contribution in [0.3, 0.4) is 0 Å². The quantitative estimate of drug-likeness (QED) is 0.899. The van der Waals surface area contributed by atoms with Gasteiger partial charge in [0.05, 0.1) is 0 Å². The van der Waals surface area contributed by atoms with Crippen LogP contribution in [0.1, 0.15) is 16.8 Å². The van der Waals surface area contributed by atoms with Crippen LogP contribution in [0.15, 0.2) is 40.9 Å². The summed E-state index contributed by atoms with van der Waals surface area (Å²) in [6.07, 6.45) is -4.51. The monoisotopic (exact) mass is 360 g/mol. The van der Waals surface area contributed by atoms with Crippen molar-refractivity contribution in [3.8, 4) is 5.88 Å². The summed E-state index contributed by atoms with van der Waals surface area (Å²) in [5, 5.41) is 0. The molecule has 1 heterocycles. The molecule has 0 atom stereocenters. The van der Waals surface area contributed by atoms with Gasteiger partial charge in [-0.2, -0.15) is 13.2 Å². The van der Waals surface area contributed by atoms with Gasteiger partial charge in [0.2, 0.25) is 5.88 Å². The van der Waals surface area contributed by atoms with Crippen molar-refractivity contribution in [1.29, 1.82) is 0 Å². The van der Waals surface area contributed by atoms with Crippen molar-refractivity contribution in [2.45, 2.75) is 19.3 Å². The molecule has 2 rings (SSSR count). The Kier molecular flexibility index (Phi) is 4.84. The number of nitrogens with zero attached hydrogens (tertiary/aromatic N) is 1. The second kappa shape index (κ2) is 6.44. The van der Waals surface area contributed by atoms with Crippen LogP contribution >= 0.6 is 15.9 Å². The first-order valence-corrected chi connectivity index (χ1v) is 6.84. The summed E-state index contributed by atoms with van der Waals surface area (Å²) in [4.78, 5) is 3.51. The lowest BCUT2D eigenvalue weighted by atomic mass is 10.2. The molecule has 7 heteroatoms. The second-order valence-corrected chi connectivity index (χ2v) is 5.20. The standard InChI is InChI=1S/C14H12BrF3N2O/c15-11-3-1-2-9(6-11)8-21-13-10(7-19)4-5-12(20-13)14(16,17)18/h1-6H,7-8,19H2. The highest BCUT2D eigenvalue weighted by molar-refractivity contribution is 9.10. The number of rotatable bonds is 4. The van der Waals surface area contributed by atoms with Crippen LogP contribution in [0.4, 0.5) is 13.2 Å². The van der Waals surface area contributed by atoms with E-state index in [-0.39, 0.29) is 19.0 Å². The summed E-state index contributed by atoms with van der Waals surface area (Å²) in [7, 11) is 0. The van der Waals surface area contributed by atoms with E-state index in [2.05, 4.69) is 20.9 Å². The predicted octanol–water partition coefficient (Wildman–Crippen LogP) is 3.90. The fourth-order valence-electron chi connectivity index (χ4n) is 1.69. The molecule has 0 fully saturated rings. The number of aromatic nitrogens is 1. The molecule has 0 spiro atoms. The Morgan fingerprint density at radius 2 is 1.95 bits per heavy atom. The number of benzene rings is 1. The molecule has 0 aliphatic heterocycles. The summed E-state index contributed by atoms with van der Waals surface area (Å²) in [6, 6.07) is 9.46. The molecule has 112 valence electrons. The van der Waals surface area contributed by atoms with E-state index >= 15 is 0 Å². The maximum atomic E-state index is 12.7. The minimum Gasteiger partial charge on any atom is -0.473 e. The molecule has 21 heavy (non-hydrogen) atoms. The zero-order valence-corrected chi connectivity index (χ0v) is 12.4. The second-order valence-electron chi connectivity index (χ2n) is 4.28. The van der Waals surface area contributed by atoms with Gasteiger partial charge in [-0.3, -0.25) is 0 Å². The van der Waals surface area contributed by atoms with Crippen molar-refractivity contribution >= 4 is 15.9 Å². The van der Waals surface area contributed by atoms with Crippen molar-refractivity contribution in [2.75, 3.05) is 0 Å². The third kappa shape index (κ3) is 4.18. The molecule has 0 aliphatic rings. The van der Waals surface area contributed by atoms with Crippen LogP contribution in [0, 0.1) is 0 Å². The largest absolute Gasteiger partial charge is 0.473 e. The van der Waals surface area contributed by atoms with Gasteiger partial charge >= 0.3 is 6.18 Å². The predicted molar refractivity (Wildman–Crippen MR) is 75.6 cm³/mol. The fraction of sp³-hybridized carbons (Fsp3) is 0.214. The highest BCUT2D eigenvalue weighted by Crippen LogP contribution is 2.30. The lowest BCUT2D eigenvalue weighted by Crippen LogP contribution is -2.12. The maximum absolute atomic E-state index is 12.7. The van der Waals surface area contributed by atoms with E-state index in [0.29, 0.717) is 5.56 Å². The third-order valence-electron chi connectivity index (χ3n) is 2.71. The van der Waals surface area contributed by atoms with E-state index in [1.54, 1.807) is 6.07 Å². The van der Waals surface area contributed by atoms with Crippen LogP contribution in [0.25, 0.3) is 0 Å². The van der Waals surface area contributed by atoms with Gasteiger partial charge in [-0.05, 0) is 23.8 Å². The minimum absolute atomic E-state index is 0.0545. The van der Waals surface area contributed by atoms with Gasteiger partial charge in [-0.1, -0.05) is 34.1 Å². The van der Waals surface area contributed by atoms with Gasteiger partial charge in [0.1, 0.15) is 12.3 Å². The molecule has 0 radical (unpaired) electrons. The van der Waals surface area contributed by atoms with Gasteiger partial charge in [0, 0.05) is 16.6 Å². The Hall–Kier alpha value is -1.60.